The Morgan fingerprint density at radius 3 is 2.68 bits per heavy atom. The molecule has 0 spiro atoms. The molecule has 0 amide bonds. The maximum Gasteiger partial charge on any atom is 0.164 e. The summed E-state index contributed by atoms with van der Waals surface area (Å²) in [4.78, 5) is 11.8. The van der Waals surface area contributed by atoms with Crippen LogP contribution in [0.4, 0.5) is 0 Å². The summed E-state index contributed by atoms with van der Waals surface area (Å²) >= 11 is 0. The number of carbonyl (C=O) groups is 1. The van der Waals surface area contributed by atoms with Crippen LogP contribution in [0.1, 0.15) is 40.7 Å². The number of carbonyl (C=O) groups excluding carboxylic acids is 1. The lowest BCUT2D eigenvalue weighted by atomic mass is 9.95. The van der Waals surface area contributed by atoms with E-state index in [2.05, 4.69) is 41.1 Å². The minimum absolute atomic E-state index is 0.322. The van der Waals surface area contributed by atoms with Crippen LogP contribution in [0.2, 0.25) is 0 Å². The van der Waals surface area contributed by atoms with Crippen molar-refractivity contribution in [2.75, 3.05) is 0 Å². The number of ketones is 1. The predicted octanol–water partition coefficient (Wildman–Crippen LogP) is 3.64. The van der Waals surface area contributed by atoms with Gasteiger partial charge in [-0.3, -0.25) is 4.79 Å². The molecule has 0 saturated heterocycles. The third kappa shape index (κ3) is 2.78. The second-order valence-electron chi connectivity index (χ2n) is 5.30. The highest BCUT2D eigenvalue weighted by Crippen LogP contribution is 2.22. The molecular formula is C17H19NO. The van der Waals surface area contributed by atoms with Crippen LogP contribution in [-0.2, 0) is 19.4 Å². The van der Waals surface area contributed by atoms with Crippen LogP contribution in [0.25, 0.3) is 0 Å². The lowest BCUT2D eigenvalue weighted by molar-refractivity contribution is 0.0973. The standard InChI is InChI=1S/C17H19NO/c19-17-10-4-9-15-12-18(13-16(15)17)11-5-8-14-6-2-1-3-7-14/h1-3,6-7,12-13H,4-5,8-11H2. The van der Waals surface area contributed by atoms with Gasteiger partial charge in [-0.2, -0.15) is 0 Å². The summed E-state index contributed by atoms with van der Waals surface area (Å²) in [6.45, 7) is 0.995. The monoisotopic (exact) mass is 253 g/mol. The Kier molecular flexibility index (Phi) is 3.49. The van der Waals surface area contributed by atoms with E-state index < -0.39 is 0 Å². The summed E-state index contributed by atoms with van der Waals surface area (Å²) in [6.07, 6.45) is 9.22. The fourth-order valence-corrected chi connectivity index (χ4v) is 2.82. The van der Waals surface area contributed by atoms with Crippen LogP contribution in [-0.4, -0.2) is 10.4 Å². The van der Waals surface area contributed by atoms with Crippen LogP contribution < -0.4 is 0 Å². The molecular weight excluding hydrogens is 234 g/mol. The van der Waals surface area contributed by atoms with E-state index in [1.165, 1.54) is 11.1 Å². The van der Waals surface area contributed by atoms with Crippen molar-refractivity contribution >= 4 is 5.78 Å². The zero-order valence-electron chi connectivity index (χ0n) is 11.1. The van der Waals surface area contributed by atoms with Crippen molar-refractivity contribution in [3.05, 3.63) is 59.4 Å². The summed E-state index contributed by atoms with van der Waals surface area (Å²) in [5.41, 5.74) is 3.59. The first-order chi connectivity index (χ1) is 9.33. The SMILES string of the molecule is O=C1CCCc2cn(CCCc3ccccc3)cc21. The van der Waals surface area contributed by atoms with Gasteiger partial charge in [-0.05, 0) is 36.8 Å². The second-order valence-corrected chi connectivity index (χ2v) is 5.30. The molecule has 2 aromatic rings. The highest BCUT2D eigenvalue weighted by Gasteiger charge is 2.18. The van der Waals surface area contributed by atoms with Crippen molar-refractivity contribution in [2.24, 2.45) is 0 Å². The third-order valence-electron chi connectivity index (χ3n) is 3.84. The largest absolute Gasteiger partial charge is 0.353 e. The van der Waals surface area contributed by atoms with Gasteiger partial charge in [-0.1, -0.05) is 30.3 Å². The molecule has 0 fully saturated rings. The fourth-order valence-electron chi connectivity index (χ4n) is 2.82. The lowest BCUT2D eigenvalue weighted by Gasteiger charge is -2.07. The Hall–Kier alpha value is -1.83. The molecule has 0 unspecified atom stereocenters. The number of fused-ring (bicyclic) bond motifs is 1. The van der Waals surface area contributed by atoms with Gasteiger partial charge in [0.15, 0.2) is 5.78 Å². The molecule has 3 rings (SSSR count). The summed E-state index contributed by atoms with van der Waals surface area (Å²) in [6, 6.07) is 10.6. The first kappa shape index (κ1) is 12.2. The summed E-state index contributed by atoms with van der Waals surface area (Å²) < 4.78 is 2.19. The molecule has 0 saturated carbocycles. The Morgan fingerprint density at radius 2 is 1.89 bits per heavy atom. The van der Waals surface area contributed by atoms with Crippen LogP contribution in [0.3, 0.4) is 0 Å². The van der Waals surface area contributed by atoms with Crippen molar-refractivity contribution in [3.63, 3.8) is 0 Å². The molecule has 1 aliphatic rings. The predicted molar refractivity (Wildman–Crippen MR) is 76.5 cm³/mol. The molecule has 2 heteroatoms. The Balaban J connectivity index is 1.60. The van der Waals surface area contributed by atoms with Gasteiger partial charge in [0.2, 0.25) is 0 Å². The molecule has 1 aliphatic carbocycles. The van der Waals surface area contributed by atoms with Gasteiger partial charge in [0.1, 0.15) is 0 Å². The van der Waals surface area contributed by atoms with Gasteiger partial charge >= 0.3 is 0 Å². The van der Waals surface area contributed by atoms with E-state index in [0.29, 0.717) is 5.78 Å². The number of nitrogens with zero attached hydrogens (tertiary/aromatic N) is 1. The summed E-state index contributed by atoms with van der Waals surface area (Å²) in [5, 5.41) is 0. The lowest BCUT2D eigenvalue weighted by Crippen LogP contribution is -2.07. The number of Topliss-reactive ketones (excluding diaryl/α,β-unsaturated/α-hetero) is 1. The number of benzene rings is 1. The maximum atomic E-state index is 11.8. The van der Waals surface area contributed by atoms with Crippen LogP contribution in [0.15, 0.2) is 42.7 Å². The van der Waals surface area contributed by atoms with E-state index in [1.54, 1.807) is 0 Å². The molecule has 0 bridgehead atoms. The van der Waals surface area contributed by atoms with Gasteiger partial charge in [-0.15, -0.1) is 0 Å². The van der Waals surface area contributed by atoms with E-state index in [4.69, 9.17) is 0 Å². The van der Waals surface area contributed by atoms with Crippen molar-refractivity contribution in [1.29, 1.82) is 0 Å². The first-order valence-corrected chi connectivity index (χ1v) is 7.09. The molecule has 1 heterocycles. The maximum absolute atomic E-state index is 11.8. The fraction of sp³-hybridized carbons (Fsp3) is 0.353. The molecule has 2 nitrogen and oxygen atoms in total. The van der Waals surface area contributed by atoms with Gasteiger partial charge in [0, 0.05) is 30.9 Å². The Bertz CT molecular complexity index is 568. The minimum atomic E-state index is 0.322. The molecule has 1 aromatic carbocycles. The Labute approximate surface area is 114 Å². The second kappa shape index (κ2) is 5.43. The number of aromatic nitrogens is 1. The molecule has 98 valence electrons. The average Bonchev–Trinajstić information content (AvgIpc) is 2.84. The summed E-state index contributed by atoms with van der Waals surface area (Å²) in [5.74, 6) is 0.322. The molecule has 0 atom stereocenters. The van der Waals surface area contributed by atoms with Gasteiger partial charge in [-0.25, -0.2) is 0 Å². The van der Waals surface area contributed by atoms with Crippen LogP contribution in [0, 0.1) is 0 Å². The highest BCUT2D eigenvalue weighted by molar-refractivity contribution is 5.98. The smallest absolute Gasteiger partial charge is 0.164 e. The van der Waals surface area contributed by atoms with Crippen molar-refractivity contribution in [2.45, 2.75) is 38.6 Å². The summed E-state index contributed by atoms with van der Waals surface area (Å²) in [7, 11) is 0. The van der Waals surface area contributed by atoms with E-state index in [9.17, 15) is 4.79 Å². The van der Waals surface area contributed by atoms with E-state index in [0.717, 1.165) is 44.2 Å². The van der Waals surface area contributed by atoms with Crippen LogP contribution >= 0.6 is 0 Å². The van der Waals surface area contributed by atoms with Crippen molar-refractivity contribution in [1.82, 2.24) is 4.57 Å². The van der Waals surface area contributed by atoms with Gasteiger partial charge < -0.3 is 4.57 Å². The molecule has 0 aliphatic heterocycles. The van der Waals surface area contributed by atoms with Crippen molar-refractivity contribution < 1.29 is 4.79 Å². The molecule has 19 heavy (non-hydrogen) atoms. The quantitative estimate of drug-likeness (QED) is 0.815. The molecule has 1 aromatic heterocycles. The zero-order valence-corrected chi connectivity index (χ0v) is 11.1. The average molecular weight is 253 g/mol. The number of hydrogen-bond acceptors (Lipinski definition) is 1. The molecule has 0 radical (unpaired) electrons. The first-order valence-electron chi connectivity index (χ1n) is 7.09. The normalized spacial score (nSPS) is 14.4. The molecule has 0 N–H and O–H groups in total. The number of hydrogen-bond donors (Lipinski definition) is 0. The van der Waals surface area contributed by atoms with E-state index >= 15 is 0 Å². The topological polar surface area (TPSA) is 22.0 Å². The van der Waals surface area contributed by atoms with Crippen LogP contribution in [0.5, 0.6) is 0 Å². The van der Waals surface area contributed by atoms with Gasteiger partial charge in [0.05, 0.1) is 0 Å². The Morgan fingerprint density at radius 1 is 1.05 bits per heavy atom. The van der Waals surface area contributed by atoms with Crippen molar-refractivity contribution in [3.8, 4) is 0 Å². The van der Waals surface area contributed by atoms with E-state index in [1.807, 2.05) is 6.20 Å². The van der Waals surface area contributed by atoms with Gasteiger partial charge in [0.25, 0.3) is 0 Å². The minimum Gasteiger partial charge on any atom is -0.353 e. The van der Waals surface area contributed by atoms with E-state index in [-0.39, 0.29) is 0 Å². The number of aryl methyl sites for hydroxylation is 3. The highest BCUT2D eigenvalue weighted by atomic mass is 16.1. The number of rotatable bonds is 4. The zero-order chi connectivity index (χ0) is 13.1. The third-order valence-corrected chi connectivity index (χ3v) is 3.84.